The van der Waals surface area contributed by atoms with Crippen molar-refractivity contribution in [2.75, 3.05) is 0 Å². The highest BCUT2D eigenvalue weighted by Crippen LogP contribution is 2.27. The van der Waals surface area contributed by atoms with Gasteiger partial charge in [0.15, 0.2) is 0 Å². The molecular weight excluding hydrogens is 343 g/mol. The Morgan fingerprint density at radius 1 is 1.12 bits per heavy atom. The molecule has 0 saturated carbocycles. The van der Waals surface area contributed by atoms with Crippen molar-refractivity contribution in [1.29, 1.82) is 0 Å². The molecule has 1 rings (SSSR count). The van der Waals surface area contributed by atoms with Crippen LogP contribution in [0.25, 0.3) is 0 Å². The molecule has 0 aliphatic carbocycles. The number of hydrogen-bond acceptors (Lipinski definition) is 3. The van der Waals surface area contributed by atoms with Gasteiger partial charge in [-0.1, -0.05) is 46.2 Å². The summed E-state index contributed by atoms with van der Waals surface area (Å²) in [4.78, 5) is 12.3. The second-order valence-electron chi connectivity index (χ2n) is 6.94. The van der Waals surface area contributed by atoms with Crippen LogP contribution in [0.3, 0.4) is 0 Å². The van der Waals surface area contributed by atoms with Crippen LogP contribution in [0.15, 0.2) is 18.2 Å². The van der Waals surface area contributed by atoms with Crippen molar-refractivity contribution >= 4 is 17.6 Å². The zero-order valence-corrected chi connectivity index (χ0v) is 16.8. The maximum atomic E-state index is 13.6. The topological polar surface area (TPSA) is 35.5 Å². The summed E-state index contributed by atoms with van der Waals surface area (Å²) in [6, 6.07) is 4.10. The molecule has 0 amide bonds. The Labute approximate surface area is 155 Å². The number of carbonyl (C=O) groups is 1. The van der Waals surface area contributed by atoms with Crippen LogP contribution in [0.2, 0.25) is 5.02 Å². The molecule has 5 heteroatoms. The van der Waals surface area contributed by atoms with Gasteiger partial charge in [-0.25, -0.2) is 4.39 Å². The summed E-state index contributed by atoms with van der Waals surface area (Å²) >= 11 is 5.92. The third-order valence-corrected chi connectivity index (χ3v) is 4.98. The maximum absolute atomic E-state index is 13.6. The molecule has 0 radical (unpaired) electrons. The zero-order valence-electron chi connectivity index (χ0n) is 16.0. The molecule has 0 aliphatic rings. The number of benzene rings is 1. The van der Waals surface area contributed by atoms with Gasteiger partial charge in [0.2, 0.25) is 0 Å². The molecule has 25 heavy (non-hydrogen) atoms. The largest absolute Gasteiger partial charge is 0.486 e. The lowest BCUT2D eigenvalue weighted by Gasteiger charge is -2.32. The van der Waals surface area contributed by atoms with E-state index in [1.807, 2.05) is 27.7 Å². The highest BCUT2D eigenvalue weighted by Gasteiger charge is 2.31. The Kier molecular flexibility index (Phi) is 8.70. The molecule has 0 N–H and O–H groups in total. The van der Waals surface area contributed by atoms with Gasteiger partial charge in [-0.05, 0) is 43.7 Å². The van der Waals surface area contributed by atoms with Crippen molar-refractivity contribution in [2.24, 2.45) is 17.8 Å². The Morgan fingerprint density at radius 3 is 2.20 bits per heavy atom. The first-order valence-corrected chi connectivity index (χ1v) is 9.40. The van der Waals surface area contributed by atoms with Crippen LogP contribution in [0.4, 0.5) is 4.39 Å². The molecule has 1 aromatic rings. The van der Waals surface area contributed by atoms with E-state index in [0.29, 0.717) is 5.75 Å². The van der Waals surface area contributed by atoms with Crippen molar-refractivity contribution in [3.8, 4) is 5.75 Å². The molecule has 3 atom stereocenters. The summed E-state index contributed by atoms with van der Waals surface area (Å²) in [6.45, 7) is 11.8. The minimum atomic E-state index is -0.455. The van der Waals surface area contributed by atoms with E-state index in [2.05, 4.69) is 13.8 Å². The van der Waals surface area contributed by atoms with Crippen molar-refractivity contribution < 1.29 is 18.7 Å². The van der Waals surface area contributed by atoms with Gasteiger partial charge in [0.1, 0.15) is 23.8 Å². The minimum Gasteiger partial charge on any atom is -0.486 e. The third kappa shape index (κ3) is 6.50. The van der Waals surface area contributed by atoms with Crippen LogP contribution in [0, 0.1) is 23.6 Å². The van der Waals surface area contributed by atoms with Gasteiger partial charge >= 0.3 is 5.97 Å². The molecule has 1 aromatic carbocycles. The fourth-order valence-electron chi connectivity index (χ4n) is 2.71. The molecule has 0 aromatic heterocycles. The second kappa shape index (κ2) is 10.0. The van der Waals surface area contributed by atoms with Crippen LogP contribution in [0.1, 0.15) is 54.4 Å². The number of rotatable bonds is 9. The predicted molar refractivity (Wildman–Crippen MR) is 99.5 cm³/mol. The molecular formula is C20H30ClFO3. The molecule has 142 valence electrons. The zero-order chi connectivity index (χ0) is 19.1. The van der Waals surface area contributed by atoms with Gasteiger partial charge < -0.3 is 9.47 Å². The van der Waals surface area contributed by atoms with E-state index in [0.717, 1.165) is 12.8 Å². The van der Waals surface area contributed by atoms with Gasteiger partial charge in [-0.2, -0.15) is 0 Å². The summed E-state index contributed by atoms with van der Waals surface area (Å²) in [5, 5.41) is 0.274. The smallest absolute Gasteiger partial charge is 0.309 e. The van der Waals surface area contributed by atoms with Crippen molar-refractivity contribution in [3.05, 3.63) is 29.0 Å². The third-order valence-electron chi connectivity index (χ3n) is 4.76. The Balaban J connectivity index is 2.97. The van der Waals surface area contributed by atoms with Gasteiger partial charge in [0.25, 0.3) is 0 Å². The van der Waals surface area contributed by atoms with Gasteiger partial charge in [0.05, 0.1) is 5.92 Å². The first-order chi connectivity index (χ1) is 11.7. The van der Waals surface area contributed by atoms with E-state index >= 15 is 0 Å². The van der Waals surface area contributed by atoms with E-state index in [1.165, 1.54) is 12.1 Å². The molecule has 0 aliphatic heterocycles. The summed E-state index contributed by atoms with van der Waals surface area (Å²) in [5.41, 5.74) is 0. The second-order valence-corrected chi connectivity index (χ2v) is 7.38. The highest BCUT2D eigenvalue weighted by molar-refractivity contribution is 6.30. The van der Waals surface area contributed by atoms with Crippen LogP contribution in [-0.2, 0) is 9.53 Å². The number of carbonyl (C=O) groups excluding carboxylic acids is 1. The molecule has 0 fully saturated rings. The van der Waals surface area contributed by atoms with Crippen LogP contribution < -0.4 is 4.74 Å². The van der Waals surface area contributed by atoms with Gasteiger partial charge in [-0.15, -0.1) is 0 Å². The predicted octanol–water partition coefficient (Wildman–Crippen LogP) is 5.89. The van der Waals surface area contributed by atoms with E-state index in [1.54, 1.807) is 6.07 Å². The summed E-state index contributed by atoms with van der Waals surface area (Å²) in [7, 11) is 0. The fraction of sp³-hybridized carbons (Fsp3) is 0.650. The SMILES string of the molecule is CCC(CC)[C@@H](Oc1cc(F)cc(Cl)c1)[C@H](C)OC(=O)[C@@H](C)C(C)C. The summed E-state index contributed by atoms with van der Waals surface area (Å²) in [6.07, 6.45) is 0.925. The van der Waals surface area contributed by atoms with E-state index in [9.17, 15) is 9.18 Å². The quantitative estimate of drug-likeness (QED) is 0.507. The van der Waals surface area contributed by atoms with Crippen molar-refractivity contribution in [2.45, 2.75) is 66.6 Å². The lowest BCUT2D eigenvalue weighted by Crippen LogP contribution is -2.40. The molecule has 0 heterocycles. The average molecular weight is 373 g/mol. The Bertz CT molecular complexity index is 538. The molecule has 0 bridgehead atoms. The summed E-state index contributed by atoms with van der Waals surface area (Å²) < 4.78 is 25.3. The standard InChI is InChI=1S/C20H30ClFO3/c1-7-15(8-2)19(14(6)24-20(23)13(5)12(3)4)25-18-10-16(21)9-17(22)11-18/h9-15,19H,7-8H2,1-6H3/t13-,14-,19-/m0/s1. The molecule has 0 spiro atoms. The van der Waals surface area contributed by atoms with Gasteiger partial charge in [-0.3, -0.25) is 4.79 Å². The van der Waals surface area contributed by atoms with Crippen molar-refractivity contribution in [3.63, 3.8) is 0 Å². The van der Waals surface area contributed by atoms with Crippen molar-refractivity contribution in [1.82, 2.24) is 0 Å². The maximum Gasteiger partial charge on any atom is 0.309 e. The number of ether oxygens (including phenoxy) is 2. The number of hydrogen-bond donors (Lipinski definition) is 0. The highest BCUT2D eigenvalue weighted by atomic mass is 35.5. The van der Waals surface area contributed by atoms with E-state index in [-0.39, 0.29) is 34.8 Å². The van der Waals surface area contributed by atoms with E-state index < -0.39 is 11.9 Å². The van der Waals surface area contributed by atoms with Crippen LogP contribution >= 0.6 is 11.6 Å². The van der Waals surface area contributed by atoms with Crippen LogP contribution in [-0.4, -0.2) is 18.2 Å². The number of esters is 1. The lowest BCUT2D eigenvalue weighted by atomic mass is 9.92. The molecule has 0 unspecified atom stereocenters. The minimum absolute atomic E-state index is 0.180. The average Bonchev–Trinajstić information content (AvgIpc) is 2.52. The first kappa shape index (κ1) is 21.8. The van der Waals surface area contributed by atoms with Gasteiger partial charge in [0, 0.05) is 11.1 Å². The van der Waals surface area contributed by atoms with E-state index in [4.69, 9.17) is 21.1 Å². The fourth-order valence-corrected chi connectivity index (χ4v) is 2.92. The molecule has 3 nitrogen and oxygen atoms in total. The Hall–Kier alpha value is -1.29. The monoisotopic (exact) mass is 372 g/mol. The Morgan fingerprint density at radius 2 is 1.72 bits per heavy atom. The lowest BCUT2D eigenvalue weighted by molar-refractivity contribution is -0.160. The molecule has 0 saturated heterocycles. The first-order valence-electron chi connectivity index (χ1n) is 9.02. The normalized spacial score (nSPS) is 15.1. The number of halogens is 2. The summed E-state index contributed by atoms with van der Waals surface area (Å²) in [5.74, 6) is -0.147. The van der Waals surface area contributed by atoms with Crippen LogP contribution in [0.5, 0.6) is 5.75 Å².